The molecular weight excluding hydrogens is 323 g/mol. The van der Waals surface area contributed by atoms with Crippen molar-refractivity contribution in [2.75, 3.05) is 39.3 Å². The number of nitrogens with zero attached hydrogens (tertiary/aromatic N) is 2. The fourth-order valence-corrected chi connectivity index (χ4v) is 3.38. The van der Waals surface area contributed by atoms with E-state index in [4.69, 9.17) is 0 Å². The number of rotatable bonds is 4. The molecule has 2 aliphatic rings. The van der Waals surface area contributed by atoms with Gasteiger partial charge in [0.1, 0.15) is 0 Å². The topological polar surface area (TPSA) is 52.7 Å². The maximum atomic E-state index is 12.6. The molecule has 0 aromatic rings. The standard InChI is InChI=1S/C16H26F3N3O2/c17-16(18,19)12-20-10-14(23)22-9-5-6-13(11-22)15(24)21-7-3-1-2-4-8-21/h13,20H,1-12H2/t13-/m0/s1. The number of hydrogen-bond donors (Lipinski definition) is 1. The van der Waals surface area contributed by atoms with E-state index in [0.717, 1.165) is 51.6 Å². The Kier molecular flexibility index (Phi) is 6.89. The van der Waals surface area contributed by atoms with Crippen molar-refractivity contribution in [3.63, 3.8) is 0 Å². The Morgan fingerprint density at radius 1 is 0.958 bits per heavy atom. The first-order valence-corrected chi connectivity index (χ1v) is 8.71. The second-order valence-electron chi connectivity index (χ2n) is 6.64. The summed E-state index contributed by atoms with van der Waals surface area (Å²) in [5, 5.41) is 2.13. The quantitative estimate of drug-likeness (QED) is 0.842. The van der Waals surface area contributed by atoms with Crippen molar-refractivity contribution in [3.05, 3.63) is 0 Å². The van der Waals surface area contributed by atoms with Crippen LogP contribution < -0.4 is 5.32 Å². The van der Waals surface area contributed by atoms with Gasteiger partial charge in [0.2, 0.25) is 11.8 Å². The van der Waals surface area contributed by atoms with Crippen LogP contribution >= 0.6 is 0 Å². The number of piperidine rings is 1. The number of hydrogen-bond acceptors (Lipinski definition) is 3. The number of alkyl halides is 3. The number of halogens is 3. The van der Waals surface area contributed by atoms with Crippen molar-refractivity contribution in [3.8, 4) is 0 Å². The summed E-state index contributed by atoms with van der Waals surface area (Å²) in [6.45, 7) is 0.859. The second kappa shape index (κ2) is 8.69. The molecule has 0 aromatic heterocycles. The van der Waals surface area contributed by atoms with Crippen molar-refractivity contribution in [1.29, 1.82) is 0 Å². The average molecular weight is 349 g/mol. The molecule has 1 N–H and O–H groups in total. The lowest BCUT2D eigenvalue weighted by atomic mass is 9.96. The predicted octanol–water partition coefficient (Wildman–Crippen LogP) is 1.78. The largest absolute Gasteiger partial charge is 0.401 e. The van der Waals surface area contributed by atoms with Crippen molar-refractivity contribution in [2.24, 2.45) is 5.92 Å². The summed E-state index contributed by atoms with van der Waals surface area (Å²) in [6.07, 6.45) is 1.45. The lowest BCUT2D eigenvalue weighted by molar-refractivity contribution is -0.141. The molecular formula is C16H26F3N3O2. The van der Waals surface area contributed by atoms with Crippen LogP contribution in [-0.4, -0.2) is 67.1 Å². The third-order valence-electron chi connectivity index (χ3n) is 4.64. The Morgan fingerprint density at radius 3 is 2.21 bits per heavy atom. The molecule has 24 heavy (non-hydrogen) atoms. The van der Waals surface area contributed by atoms with Crippen LogP contribution in [0, 0.1) is 5.92 Å². The summed E-state index contributed by atoms with van der Waals surface area (Å²) >= 11 is 0. The molecule has 2 fully saturated rings. The zero-order valence-electron chi connectivity index (χ0n) is 13.9. The minimum atomic E-state index is -4.33. The first kappa shape index (κ1) is 19.0. The highest BCUT2D eigenvalue weighted by Gasteiger charge is 2.32. The van der Waals surface area contributed by atoms with Gasteiger partial charge in [-0.2, -0.15) is 13.2 Å². The number of carbonyl (C=O) groups is 2. The van der Waals surface area contributed by atoms with Crippen LogP contribution in [0.4, 0.5) is 13.2 Å². The number of nitrogens with one attached hydrogen (secondary N) is 1. The summed E-state index contributed by atoms with van der Waals surface area (Å²) in [5.41, 5.74) is 0. The number of carbonyl (C=O) groups excluding carboxylic acids is 2. The lowest BCUT2D eigenvalue weighted by Gasteiger charge is -2.35. The zero-order chi connectivity index (χ0) is 17.6. The fraction of sp³-hybridized carbons (Fsp3) is 0.875. The summed E-state index contributed by atoms with van der Waals surface area (Å²) in [5.74, 6) is -0.492. The highest BCUT2D eigenvalue weighted by molar-refractivity contribution is 5.82. The molecule has 2 aliphatic heterocycles. The van der Waals surface area contributed by atoms with Gasteiger partial charge in [-0.1, -0.05) is 12.8 Å². The van der Waals surface area contributed by atoms with Gasteiger partial charge in [-0.15, -0.1) is 0 Å². The van der Waals surface area contributed by atoms with Crippen LogP contribution in [0.2, 0.25) is 0 Å². The van der Waals surface area contributed by atoms with E-state index in [9.17, 15) is 22.8 Å². The molecule has 0 saturated carbocycles. The van der Waals surface area contributed by atoms with Crippen LogP contribution in [0.3, 0.4) is 0 Å². The van der Waals surface area contributed by atoms with Crippen molar-refractivity contribution >= 4 is 11.8 Å². The Bertz CT molecular complexity index is 435. The van der Waals surface area contributed by atoms with Gasteiger partial charge in [0, 0.05) is 26.2 Å². The van der Waals surface area contributed by atoms with Gasteiger partial charge >= 0.3 is 6.18 Å². The van der Waals surface area contributed by atoms with Gasteiger partial charge in [0.05, 0.1) is 19.0 Å². The van der Waals surface area contributed by atoms with Crippen molar-refractivity contribution in [2.45, 2.75) is 44.7 Å². The van der Waals surface area contributed by atoms with E-state index in [-0.39, 0.29) is 24.3 Å². The van der Waals surface area contributed by atoms with Crippen LogP contribution in [0.25, 0.3) is 0 Å². The summed E-state index contributed by atoms with van der Waals surface area (Å²) in [4.78, 5) is 28.1. The minimum Gasteiger partial charge on any atom is -0.342 e. The van der Waals surface area contributed by atoms with Gasteiger partial charge in [0.25, 0.3) is 0 Å². The van der Waals surface area contributed by atoms with Gasteiger partial charge < -0.3 is 15.1 Å². The van der Waals surface area contributed by atoms with E-state index in [0.29, 0.717) is 13.1 Å². The molecule has 138 valence electrons. The SMILES string of the molecule is O=C(CNCC(F)(F)F)N1CCC[C@H](C(=O)N2CCCCCC2)C1. The number of likely N-dealkylation sites (tertiary alicyclic amines) is 2. The van der Waals surface area contributed by atoms with E-state index in [1.807, 2.05) is 4.90 Å². The maximum absolute atomic E-state index is 12.6. The smallest absolute Gasteiger partial charge is 0.342 e. The third-order valence-corrected chi connectivity index (χ3v) is 4.64. The summed E-state index contributed by atoms with van der Waals surface area (Å²) in [7, 11) is 0. The molecule has 0 aliphatic carbocycles. The normalized spacial score (nSPS) is 23.0. The molecule has 0 bridgehead atoms. The Labute approximate surface area is 140 Å². The molecule has 2 heterocycles. The van der Waals surface area contributed by atoms with E-state index < -0.39 is 12.7 Å². The summed E-state index contributed by atoms with van der Waals surface area (Å²) < 4.78 is 36.4. The van der Waals surface area contributed by atoms with Gasteiger partial charge in [-0.3, -0.25) is 9.59 Å². The maximum Gasteiger partial charge on any atom is 0.401 e. The van der Waals surface area contributed by atoms with Crippen LogP contribution in [0.1, 0.15) is 38.5 Å². The number of amides is 2. The molecule has 5 nitrogen and oxygen atoms in total. The molecule has 1 atom stereocenters. The molecule has 2 amide bonds. The molecule has 2 saturated heterocycles. The van der Waals surface area contributed by atoms with E-state index in [2.05, 4.69) is 5.32 Å². The van der Waals surface area contributed by atoms with Crippen molar-refractivity contribution < 1.29 is 22.8 Å². The van der Waals surface area contributed by atoms with Crippen LogP contribution in [0.5, 0.6) is 0 Å². The van der Waals surface area contributed by atoms with E-state index >= 15 is 0 Å². The summed E-state index contributed by atoms with van der Waals surface area (Å²) in [6, 6.07) is 0. The van der Waals surface area contributed by atoms with Gasteiger partial charge in [-0.05, 0) is 25.7 Å². The van der Waals surface area contributed by atoms with Crippen LogP contribution in [-0.2, 0) is 9.59 Å². The predicted molar refractivity (Wildman–Crippen MR) is 83.3 cm³/mol. The zero-order valence-corrected chi connectivity index (χ0v) is 13.9. The Hall–Kier alpha value is -1.31. The molecule has 2 rings (SSSR count). The van der Waals surface area contributed by atoms with E-state index in [1.54, 1.807) is 0 Å². The molecule has 0 unspecified atom stereocenters. The molecule has 0 spiro atoms. The van der Waals surface area contributed by atoms with Gasteiger partial charge in [0.15, 0.2) is 0 Å². The van der Waals surface area contributed by atoms with Gasteiger partial charge in [-0.25, -0.2) is 0 Å². The monoisotopic (exact) mass is 349 g/mol. The first-order valence-electron chi connectivity index (χ1n) is 8.71. The Balaban J connectivity index is 1.81. The molecule has 0 radical (unpaired) electrons. The van der Waals surface area contributed by atoms with E-state index in [1.165, 1.54) is 4.90 Å². The molecule has 0 aromatic carbocycles. The van der Waals surface area contributed by atoms with Crippen LogP contribution in [0.15, 0.2) is 0 Å². The average Bonchev–Trinajstić information content (AvgIpc) is 2.82. The fourth-order valence-electron chi connectivity index (χ4n) is 3.38. The lowest BCUT2D eigenvalue weighted by Crippen LogP contribution is -2.49. The third kappa shape index (κ3) is 5.96. The second-order valence-corrected chi connectivity index (χ2v) is 6.64. The minimum absolute atomic E-state index is 0.0950. The Morgan fingerprint density at radius 2 is 1.58 bits per heavy atom. The first-order chi connectivity index (χ1) is 11.4. The van der Waals surface area contributed by atoms with Crippen molar-refractivity contribution in [1.82, 2.24) is 15.1 Å². The molecule has 8 heteroatoms. The highest BCUT2D eigenvalue weighted by atomic mass is 19.4. The highest BCUT2D eigenvalue weighted by Crippen LogP contribution is 2.21.